The molecule has 2 amide bonds. The number of hydrogen-bond donors (Lipinski definition) is 2. The molecule has 2 aromatic rings. The first kappa shape index (κ1) is 26.2. The number of amides is 2. The summed E-state index contributed by atoms with van der Waals surface area (Å²) in [5.74, 6) is 1.14. The zero-order chi connectivity index (χ0) is 25.8. The third kappa shape index (κ3) is 6.72. The Hall–Kier alpha value is -2.42. The molecule has 37 heavy (non-hydrogen) atoms. The molecule has 200 valence electrons. The predicted molar refractivity (Wildman–Crippen MR) is 146 cm³/mol. The average Bonchev–Trinajstić information content (AvgIpc) is 3.65. The third-order valence-electron chi connectivity index (χ3n) is 8.21. The molecule has 1 aromatic heterocycles. The van der Waals surface area contributed by atoms with Crippen LogP contribution in [0.1, 0.15) is 61.8 Å². The highest BCUT2D eigenvalue weighted by Crippen LogP contribution is 2.35. The number of benzene rings is 1. The fraction of sp³-hybridized carbons (Fsp3) is 0.586. The first-order valence-electron chi connectivity index (χ1n) is 13.8. The second kappa shape index (κ2) is 12.0. The lowest BCUT2D eigenvalue weighted by atomic mass is 9.90. The zero-order valence-corrected chi connectivity index (χ0v) is 22.6. The molecule has 3 aliphatic rings. The molecule has 2 atom stereocenters. The highest BCUT2D eigenvalue weighted by Gasteiger charge is 2.43. The van der Waals surface area contributed by atoms with Crippen molar-refractivity contribution in [1.29, 1.82) is 0 Å². The Morgan fingerprint density at radius 3 is 2.46 bits per heavy atom. The van der Waals surface area contributed by atoms with Gasteiger partial charge in [0.25, 0.3) is 0 Å². The Morgan fingerprint density at radius 1 is 1.05 bits per heavy atom. The Labute approximate surface area is 224 Å². The van der Waals surface area contributed by atoms with Crippen LogP contribution >= 0.6 is 11.3 Å². The maximum absolute atomic E-state index is 13.7. The molecular weight excluding hydrogens is 484 g/mol. The van der Waals surface area contributed by atoms with E-state index in [1.165, 1.54) is 10.4 Å². The summed E-state index contributed by atoms with van der Waals surface area (Å²) in [7, 11) is 1.68. The van der Waals surface area contributed by atoms with Crippen LogP contribution in [-0.2, 0) is 22.7 Å². The van der Waals surface area contributed by atoms with E-state index >= 15 is 0 Å². The number of methoxy groups -OCH3 is 1. The number of nitrogens with zero attached hydrogens (tertiary/aromatic N) is 2. The summed E-state index contributed by atoms with van der Waals surface area (Å²) in [6, 6.07) is 12.7. The summed E-state index contributed by atoms with van der Waals surface area (Å²) < 4.78 is 5.34. The fourth-order valence-corrected chi connectivity index (χ4v) is 6.53. The molecule has 1 saturated heterocycles. The monoisotopic (exact) mass is 524 g/mol. The molecule has 2 heterocycles. The minimum atomic E-state index is -0.413. The van der Waals surface area contributed by atoms with E-state index in [0.717, 1.165) is 63.8 Å². The summed E-state index contributed by atoms with van der Waals surface area (Å²) in [6.45, 7) is 2.26. The van der Waals surface area contributed by atoms with Gasteiger partial charge in [-0.3, -0.25) is 14.5 Å². The van der Waals surface area contributed by atoms with Gasteiger partial charge in [0.1, 0.15) is 11.8 Å². The highest BCUT2D eigenvalue weighted by atomic mass is 32.1. The van der Waals surface area contributed by atoms with Crippen LogP contribution in [0.4, 0.5) is 0 Å². The Morgan fingerprint density at radius 2 is 1.81 bits per heavy atom. The number of thiophene rings is 1. The molecule has 2 aliphatic carbocycles. The van der Waals surface area contributed by atoms with Crippen LogP contribution in [0.3, 0.4) is 0 Å². The third-order valence-corrected chi connectivity index (χ3v) is 9.07. The number of nitrogens with one attached hydrogen (secondary N) is 1. The molecule has 0 bridgehead atoms. The van der Waals surface area contributed by atoms with Gasteiger partial charge in [-0.15, -0.1) is 11.3 Å². The first-order valence-corrected chi connectivity index (χ1v) is 14.6. The van der Waals surface area contributed by atoms with Crippen molar-refractivity contribution >= 4 is 23.2 Å². The average molecular weight is 525 g/mol. The molecule has 1 unspecified atom stereocenters. The lowest BCUT2D eigenvalue weighted by Gasteiger charge is -2.43. The number of rotatable bonds is 9. The second-order valence-corrected chi connectivity index (χ2v) is 12.0. The van der Waals surface area contributed by atoms with E-state index in [9.17, 15) is 9.59 Å². The van der Waals surface area contributed by atoms with Crippen LogP contribution in [0.5, 0.6) is 5.75 Å². The van der Waals surface area contributed by atoms with Crippen LogP contribution < -0.4 is 15.8 Å². The van der Waals surface area contributed by atoms with Crippen LogP contribution in [0.2, 0.25) is 0 Å². The Kier molecular flexibility index (Phi) is 8.47. The summed E-state index contributed by atoms with van der Waals surface area (Å²) in [5, 5.41) is 5.42. The van der Waals surface area contributed by atoms with Gasteiger partial charge in [0.15, 0.2) is 0 Å². The van der Waals surface area contributed by atoms with Crippen molar-refractivity contribution in [3.63, 3.8) is 0 Å². The van der Waals surface area contributed by atoms with E-state index in [4.69, 9.17) is 10.5 Å². The van der Waals surface area contributed by atoms with Crippen molar-refractivity contribution in [3.05, 3.63) is 52.2 Å². The topological polar surface area (TPSA) is 87.9 Å². The van der Waals surface area contributed by atoms with E-state index in [2.05, 4.69) is 39.9 Å². The van der Waals surface area contributed by atoms with Gasteiger partial charge in [-0.2, -0.15) is 0 Å². The van der Waals surface area contributed by atoms with E-state index < -0.39 is 6.04 Å². The first-order chi connectivity index (χ1) is 18.0. The second-order valence-electron chi connectivity index (χ2n) is 11.0. The van der Waals surface area contributed by atoms with Gasteiger partial charge in [-0.05, 0) is 80.5 Å². The molecule has 5 rings (SSSR count). The summed E-state index contributed by atoms with van der Waals surface area (Å²) >= 11 is 1.76. The maximum atomic E-state index is 13.7. The number of likely N-dealkylation sites (tertiary alicyclic amines) is 1. The number of nitrogens with two attached hydrogens (primary N) is 1. The van der Waals surface area contributed by atoms with Crippen LogP contribution in [0.25, 0.3) is 0 Å². The van der Waals surface area contributed by atoms with Gasteiger partial charge in [0.05, 0.1) is 7.11 Å². The van der Waals surface area contributed by atoms with Gasteiger partial charge in [-0.25, -0.2) is 0 Å². The molecule has 3 fully saturated rings. The van der Waals surface area contributed by atoms with Crippen molar-refractivity contribution in [3.8, 4) is 5.75 Å². The Balaban J connectivity index is 1.33. The van der Waals surface area contributed by atoms with Crippen LogP contribution in [-0.4, -0.2) is 59.4 Å². The summed E-state index contributed by atoms with van der Waals surface area (Å²) in [6.07, 6.45) is 7.17. The van der Waals surface area contributed by atoms with Crippen LogP contribution in [0, 0.1) is 5.92 Å². The number of piperidine rings is 1. The Bertz CT molecular complexity index is 1030. The highest BCUT2D eigenvalue weighted by molar-refractivity contribution is 7.09. The van der Waals surface area contributed by atoms with Gasteiger partial charge >= 0.3 is 0 Å². The molecule has 3 N–H and O–H groups in total. The largest absolute Gasteiger partial charge is 0.497 e. The quantitative estimate of drug-likeness (QED) is 0.519. The molecule has 0 radical (unpaired) electrons. The van der Waals surface area contributed by atoms with Crippen molar-refractivity contribution < 1.29 is 14.3 Å². The molecular formula is C29H40N4O3S. The number of hydrogen-bond acceptors (Lipinski definition) is 6. The fourth-order valence-electron chi connectivity index (χ4n) is 5.80. The van der Waals surface area contributed by atoms with Gasteiger partial charge < -0.3 is 20.7 Å². The van der Waals surface area contributed by atoms with E-state index in [-0.39, 0.29) is 35.9 Å². The lowest BCUT2D eigenvalue weighted by molar-refractivity contribution is -0.145. The summed E-state index contributed by atoms with van der Waals surface area (Å²) in [5.41, 5.74) is 7.30. The van der Waals surface area contributed by atoms with Crippen molar-refractivity contribution in [2.75, 3.05) is 13.7 Å². The normalized spacial score (nSPS) is 26.2. The number of carbonyl (C=O) groups is 2. The smallest absolute Gasteiger partial charge is 0.243 e. The standard InChI is InChI=1S/C29H40N4O3S/c1-36-25-12-4-20(5-13-25)18-32(19-26-3-2-16-37-26)24-14-15-33(29(35)21-6-7-21)27(17-24)28(34)31-23-10-8-22(30)9-11-23/h2-5,12-13,16,21-24,27H,6-11,14-15,17-19,30H2,1H3,(H,31,34)/t22?,23?,24?,27-/m1/s1. The van der Waals surface area contributed by atoms with Gasteiger partial charge in [0, 0.05) is 48.6 Å². The van der Waals surface area contributed by atoms with Crippen molar-refractivity contribution in [2.45, 2.75) is 88.6 Å². The number of ether oxygens (including phenoxy) is 1. The van der Waals surface area contributed by atoms with E-state index in [1.807, 2.05) is 17.0 Å². The van der Waals surface area contributed by atoms with E-state index in [1.54, 1.807) is 18.4 Å². The minimum Gasteiger partial charge on any atom is -0.497 e. The summed E-state index contributed by atoms with van der Waals surface area (Å²) in [4.78, 5) is 32.6. The molecule has 0 spiro atoms. The van der Waals surface area contributed by atoms with Crippen molar-refractivity contribution in [2.24, 2.45) is 11.7 Å². The molecule has 7 nitrogen and oxygen atoms in total. The SMILES string of the molecule is COc1ccc(CN(Cc2cccs2)C2CCN(C(=O)C3CC3)[C@@H](C(=O)NC3CCC(N)CC3)C2)cc1. The number of carbonyl (C=O) groups excluding carboxylic acids is 2. The molecule has 1 aromatic carbocycles. The van der Waals surface area contributed by atoms with Gasteiger partial charge in [-0.1, -0.05) is 18.2 Å². The maximum Gasteiger partial charge on any atom is 0.243 e. The van der Waals surface area contributed by atoms with Crippen LogP contribution in [0.15, 0.2) is 41.8 Å². The van der Waals surface area contributed by atoms with E-state index in [0.29, 0.717) is 13.0 Å². The minimum absolute atomic E-state index is 0.0136. The lowest BCUT2D eigenvalue weighted by Crippen LogP contribution is -2.58. The van der Waals surface area contributed by atoms with Gasteiger partial charge in [0.2, 0.25) is 11.8 Å². The van der Waals surface area contributed by atoms with Crippen molar-refractivity contribution in [1.82, 2.24) is 15.1 Å². The molecule has 2 saturated carbocycles. The zero-order valence-electron chi connectivity index (χ0n) is 21.8. The molecule has 1 aliphatic heterocycles. The predicted octanol–water partition coefficient (Wildman–Crippen LogP) is 3.91. The molecule has 8 heteroatoms.